The molecule has 144 valence electrons. The van der Waals surface area contributed by atoms with Crippen molar-refractivity contribution in [1.82, 2.24) is 0 Å². The van der Waals surface area contributed by atoms with Crippen molar-refractivity contribution < 1.29 is 9.13 Å². The highest BCUT2D eigenvalue weighted by molar-refractivity contribution is 7.96. The first kappa shape index (κ1) is 17.9. The third-order valence-electron chi connectivity index (χ3n) is 6.09. The van der Waals surface area contributed by atoms with E-state index in [1.54, 1.807) is 0 Å². The van der Waals surface area contributed by atoms with E-state index in [4.69, 9.17) is 0 Å². The van der Waals surface area contributed by atoms with E-state index in [9.17, 15) is 9.13 Å². The molecule has 4 heteroatoms. The number of hydrogen-bond donors (Lipinski definition) is 0. The Labute approximate surface area is 175 Å². The second-order valence-electron chi connectivity index (χ2n) is 7.62. The van der Waals surface area contributed by atoms with Crippen LogP contribution < -0.4 is 21.2 Å². The summed E-state index contributed by atoms with van der Waals surface area (Å²) in [6.07, 6.45) is 0. The Hall–Kier alpha value is -2.92. The van der Waals surface area contributed by atoms with Gasteiger partial charge in [-0.25, -0.2) is 0 Å². The van der Waals surface area contributed by atoms with Crippen molar-refractivity contribution >= 4 is 46.1 Å². The zero-order valence-electron chi connectivity index (χ0n) is 16.1. The summed E-state index contributed by atoms with van der Waals surface area (Å²) >= 11 is 0. The zero-order valence-corrected chi connectivity index (χ0v) is 17.9. The van der Waals surface area contributed by atoms with Gasteiger partial charge in [-0.05, 0) is 11.1 Å². The van der Waals surface area contributed by atoms with Crippen LogP contribution in [0.3, 0.4) is 0 Å². The molecule has 0 saturated carbocycles. The van der Waals surface area contributed by atoms with Gasteiger partial charge in [0.05, 0.1) is 0 Å². The number of fused-ring (bicyclic) bond motifs is 4. The highest BCUT2D eigenvalue weighted by Gasteiger charge is 2.54. The Balaban J connectivity index is 1.80. The molecule has 2 heterocycles. The molecule has 4 aromatic carbocycles. The van der Waals surface area contributed by atoms with Crippen LogP contribution in [0, 0.1) is 0 Å². The molecule has 4 aromatic rings. The Bertz CT molecular complexity index is 1330. The van der Waals surface area contributed by atoms with Crippen LogP contribution in [-0.4, -0.2) is 0 Å². The molecule has 2 aliphatic rings. The lowest BCUT2D eigenvalue weighted by Gasteiger charge is -2.21. The standard InChI is InChI=1S/C26H18O2P2/c27-29(19-11-3-1-4-12-19)23-17-9-7-15-21(23)26-25(29)22-16-8-10-18-24(22)30(26,28)20-13-5-2-6-14-20/h1-18H/t29-,30+. The predicted molar refractivity (Wildman–Crippen MR) is 126 cm³/mol. The van der Waals surface area contributed by atoms with Crippen molar-refractivity contribution in [2.75, 3.05) is 0 Å². The van der Waals surface area contributed by atoms with Gasteiger partial charge in [-0.3, -0.25) is 0 Å². The number of benzene rings is 4. The lowest BCUT2D eigenvalue weighted by Crippen LogP contribution is -2.20. The largest absolute Gasteiger partial charge is 0.309 e. The molecule has 0 bridgehead atoms. The summed E-state index contributed by atoms with van der Waals surface area (Å²) in [6.45, 7) is 0. The van der Waals surface area contributed by atoms with E-state index < -0.39 is 14.3 Å². The van der Waals surface area contributed by atoms with Gasteiger partial charge in [0.15, 0.2) is 14.3 Å². The molecular formula is C26H18O2P2. The molecule has 0 fully saturated rings. The van der Waals surface area contributed by atoms with Crippen LogP contribution >= 0.6 is 14.3 Å². The van der Waals surface area contributed by atoms with E-state index in [0.717, 1.165) is 43.0 Å². The number of hydrogen-bond acceptors (Lipinski definition) is 2. The highest BCUT2D eigenvalue weighted by Crippen LogP contribution is 2.76. The quantitative estimate of drug-likeness (QED) is 0.416. The average molecular weight is 424 g/mol. The van der Waals surface area contributed by atoms with Crippen LogP contribution in [0.15, 0.2) is 109 Å². The van der Waals surface area contributed by atoms with Gasteiger partial charge in [0.2, 0.25) is 0 Å². The molecule has 0 amide bonds. The lowest BCUT2D eigenvalue weighted by atomic mass is 10.1. The van der Waals surface area contributed by atoms with Crippen LogP contribution in [0.5, 0.6) is 0 Å². The fraction of sp³-hybridized carbons (Fsp3) is 0. The van der Waals surface area contributed by atoms with Crippen LogP contribution in [0.2, 0.25) is 0 Å². The van der Waals surface area contributed by atoms with Crippen LogP contribution in [0.4, 0.5) is 0 Å². The summed E-state index contributed by atoms with van der Waals surface area (Å²) in [5.74, 6) is 0. The molecule has 2 aliphatic heterocycles. The van der Waals surface area contributed by atoms with Gasteiger partial charge in [0.25, 0.3) is 0 Å². The Morgan fingerprint density at radius 1 is 0.400 bits per heavy atom. The van der Waals surface area contributed by atoms with Crippen molar-refractivity contribution in [2.45, 2.75) is 0 Å². The van der Waals surface area contributed by atoms with E-state index >= 15 is 0 Å². The SMILES string of the molecule is O=[P@@]1(c2ccccc2)C2=C(c3ccccc31)[P@](=O)(c1ccccc1)c1ccccc12. The van der Waals surface area contributed by atoms with E-state index in [0.29, 0.717) is 0 Å². The molecule has 0 aliphatic carbocycles. The summed E-state index contributed by atoms with van der Waals surface area (Å²) in [5.41, 5.74) is 1.73. The summed E-state index contributed by atoms with van der Waals surface area (Å²) in [4.78, 5) is 0. The monoisotopic (exact) mass is 424 g/mol. The third kappa shape index (κ3) is 2.11. The summed E-state index contributed by atoms with van der Waals surface area (Å²) < 4.78 is 29.9. The summed E-state index contributed by atoms with van der Waals surface area (Å²) in [7, 11) is -6.28. The normalized spacial score (nSPS) is 23.7. The minimum atomic E-state index is -3.14. The summed E-state index contributed by atoms with van der Waals surface area (Å²) in [6, 6.07) is 34.9. The van der Waals surface area contributed by atoms with Gasteiger partial charge in [0, 0.05) is 31.8 Å². The molecule has 2 nitrogen and oxygen atoms in total. The van der Waals surface area contributed by atoms with Crippen molar-refractivity contribution in [2.24, 2.45) is 0 Å². The molecule has 0 saturated heterocycles. The van der Waals surface area contributed by atoms with Crippen molar-refractivity contribution in [1.29, 1.82) is 0 Å². The fourth-order valence-corrected chi connectivity index (χ4v) is 12.2. The molecule has 2 atom stereocenters. The van der Waals surface area contributed by atoms with Gasteiger partial charge in [-0.2, -0.15) is 0 Å². The third-order valence-corrected chi connectivity index (χ3v) is 12.6. The molecular weight excluding hydrogens is 406 g/mol. The maximum absolute atomic E-state index is 15.0. The molecule has 0 aromatic heterocycles. The predicted octanol–water partition coefficient (Wildman–Crippen LogP) is 5.17. The van der Waals surface area contributed by atoms with Gasteiger partial charge in [-0.15, -0.1) is 0 Å². The number of rotatable bonds is 2. The Morgan fingerprint density at radius 2 is 0.733 bits per heavy atom. The molecule has 0 unspecified atom stereocenters. The van der Waals surface area contributed by atoms with E-state index in [1.807, 2.05) is 109 Å². The van der Waals surface area contributed by atoms with Gasteiger partial charge < -0.3 is 9.13 Å². The first-order valence-electron chi connectivity index (χ1n) is 9.93. The minimum absolute atomic E-state index is 0.762. The molecule has 0 spiro atoms. The van der Waals surface area contributed by atoms with Crippen molar-refractivity contribution in [3.05, 3.63) is 120 Å². The van der Waals surface area contributed by atoms with Crippen LogP contribution in [0.25, 0.3) is 10.6 Å². The zero-order chi connectivity index (χ0) is 20.3. The minimum Gasteiger partial charge on any atom is -0.309 e. The smallest absolute Gasteiger partial charge is 0.173 e. The van der Waals surface area contributed by atoms with E-state index in [1.165, 1.54) is 0 Å². The van der Waals surface area contributed by atoms with Gasteiger partial charge in [0.1, 0.15) is 0 Å². The Kier molecular flexibility index (Phi) is 3.75. The topological polar surface area (TPSA) is 34.1 Å². The van der Waals surface area contributed by atoms with Crippen LogP contribution in [-0.2, 0) is 9.13 Å². The second-order valence-corrected chi connectivity index (χ2v) is 12.9. The summed E-state index contributed by atoms with van der Waals surface area (Å²) in [5, 5.41) is 4.70. The van der Waals surface area contributed by atoms with Crippen molar-refractivity contribution in [3.63, 3.8) is 0 Å². The van der Waals surface area contributed by atoms with Gasteiger partial charge >= 0.3 is 0 Å². The first-order valence-corrected chi connectivity index (χ1v) is 13.3. The molecule has 30 heavy (non-hydrogen) atoms. The molecule has 0 N–H and O–H groups in total. The van der Waals surface area contributed by atoms with E-state index in [2.05, 4.69) is 0 Å². The van der Waals surface area contributed by atoms with Gasteiger partial charge in [-0.1, -0.05) is 109 Å². The van der Waals surface area contributed by atoms with E-state index in [-0.39, 0.29) is 0 Å². The lowest BCUT2D eigenvalue weighted by molar-refractivity contribution is 0.592. The maximum atomic E-state index is 15.0. The Morgan fingerprint density at radius 3 is 1.13 bits per heavy atom. The molecule has 0 radical (unpaired) electrons. The maximum Gasteiger partial charge on any atom is 0.173 e. The van der Waals surface area contributed by atoms with Crippen LogP contribution in [0.1, 0.15) is 11.1 Å². The second kappa shape index (κ2) is 6.29. The molecule has 6 rings (SSSR count). The fourth-order valence-electron chi connectivity index (χ4n) is 4.84. The van der Waals surface area contributed by atoms with Crippen molar-refractivity contribution in [3.8, 4) is 0 Å². The first-order chi connectivity index (χ1) is 14.7. The average Bonchev–Trinajstić information content (AvgIpc) is 3.26. The highest BCUT2D eigenvalue weighted by atomic mass is 31.2.